The Bertz CT molecular complexity index is 578. The molecule has 4 nitrogen and oxygen atoms in total. The van der Waals surface area contributed by atoms with Crippen LogP contribution in [0, 0.1) is 5.82 Å². The number of ketones is 1. The van der Waals surface area contributed by atoms with Gasteiger partial charge in [-0.3, -0.25) is 4.79 Å². The second-order valence-electron chi connectivity index (χ2n) is 3.59. The highest BCUT2D eigenvalue weighted by Crippen LogP contribution is 2.20. The lowest BCUT2D eigenvalue weighted by atomic mass is 10.1. The van der Waals surface area contributed by atoms with E-state index in [-0.39, 0.29) is 17.3 Å². The summed E-state index contributed by atoms with van der Waals surface area (Å²) in [5, 5.41) is 0.518. The Morgan fingerprint density at radius 2 is 2.11 bits per heavy atom. The van der Waals surface area contributed by atoms with Gasteiger partial charge in [-0.05, 0) is 24.3 Å². The van der Waals surface area contributed by atoms with Crippen LogP contribution >= 0.6 is 11.8 Å². The molecule has 0 amide bonds. The van der Waals surface area contributed by atoms with E-state index in [0.717, 1.165) is 0 Å². The van der Waals surface area contributed by atoms with E-state index in [1.807, 2.05) is 0 Å². The molecule has 0 atom stereocenters. The number of ether oxygens (including phenoxy) is 1. The standard InChI is InChI=1S/C13H11FN2O2S/c1-18-12-4-3-9(7-10(12)14)11(17)8-19-13-15-5-2-6-16-13/h2-7H,8H2,1H3. The van der Waals surface area contributed by atoms with Gasteiger partial charge in [0.05, 0.1) is 12.9 Å². The van der Waals surface area contributed by atoms with E-state index < -0.39 is 5.82 Å². The van der Waals surface area contributed by atoms with Crippen molar-refractivity contribution in [2.75, 3.05) is 12.9 Å². The molecule has 0 aliphatic carbocycles. The molecule has 0 unspecified atom stereocenters. The first-order valence-corrected chi connectivity index (χ1v) is 6.46. The smallest absolute Gasteiger partial charge is 0.187 e. The average molecular weight is 278 g/mol. The quantitative estimate of drug-likeness (QED) is 0.478. The van der Waals surface area contributed by atoms with Gasteiger partial charge in [-0.1, -0.05) is 11.8 Å². The van der Waals surface area contributed by atoms with Crippen LogP contribution in [0.4, 0.5) is 4.39 Å². The second-order valence-corrected chi connectivity index (χ2v) is 4.54. The van der Waals surface area contributed by atoms with Crippen LogP contribution in [0.2, 0.25) is 0 Å². The molecule has 1 heterocycles. The lowest BCUT2D eigenvalue weighted by Gasteiger charge is -2.04. The number of halogens is 1. The summed E-state index contributed by atoms with van der Waals surface area (Å²) in [4.78, 5) is 19.9. The lowest BCUT2D eigenvalue weighted by molar-refractivity contribution is 0.102. The molecule has 0 spiro atoms. The molecule has 0 radical (unpaired) electrons. The average Bonchev–Trinajstić information content (AvgIpc) is 2.45. The zero-order chi connectivity index (χ0) is 13.7. The van der Waals surface area contributed by atoms with Crippen molar-refractivity contribution in [3.8, 4) is 5.75 Å². The van der Waals surface area contributed by atoms with Gasteiger partial charge in [-0.2, -0.15) is 0 Å². The molecular formula is C13H11FN2O2S. The number of rotatable bonds is 5. The van der Waals surface area contributed by atoms with E-state index in [1.165, 1.54) is 37.1 Å². The second kappa shape index (κ2) is 6.29. The minimum absolute atomic E-state index is 0.121. The van der Waals surface area contributed by atoms with Gasteiger partial charge in [0.2, 0.25) is 0 Å². The third-order valence-corrected chi connectivity index (χ3v) is 3.22. The first-order valence-electron chi connectivity index (χ1n) is 5.47. The molecule has 0 bridgehead atoms. The minimum atomic E-state index is -0.547. The van der Waals surface area contributed by atoms with Crippen molar-refractivity contribution in [1.29, 1.82) is 0 Å². The maximum Gasteiger partial charge on any atom is 0.187 e. The molecule has 6 heteroatoms. The van der Waals surface area contributed by atoms with E-state index in [1.54, 1.807) is 18.5 Å². The van der Waals surface area contributed by atoms with E-state index in [2.05, 4.69) is 9.97 Å². The van der Waals surface area contributed by atoms with Crippen molar-refractivity contribution in [2.45, 2.75) is 5.16 Å². The Labute approximate surface area is 114 Å². The minimum Gasteiger partial charge on any atom is -0.494 e. The molecule has 2 rings (SSSR count). The van der Waals surface area contributed by atoms with Crippen LogP contribution in [-0.2, 0) is 0 Å². The summed E-state index contributed by atoms with van der Waals surface area (Å²) < 4.78 is 18.3. The fourth-order valence-corrected chi connectivity index (χ4v) is 2.11. The maximum atomic E-state index is 13.5. The number of methoxy groups -OCH3 is 1. The highest BCUT2D eigenvalue weighted by molar-refractivity contribution is 7.99. The molecular weight excluding hydrogens is 267 g/mol. The molecule has 1 aromatic carbocycles. The fraction of sp³-hybridized carbons (Fsp3) is 0.154. The third-order valence-electron chi connectivity index (χ3n) is 2.35. The first-order chi connectivity index (χ1) is 9.20. The molecule has 19 heavy (non-hydrogen) atoms. The molecule has 2 aromatic rings. The summed E-state index contributed by atoms with van der Waals surface area (Å²) in [6, 6.07) is 5.85. The summed E-state index contributed by atoms with van der Waals surface area (Å²) in [5.41, 5.74) is 0.307. The van der Waals surface area contributed by atoms with Crippen molar-refractivity contribution in [2.24, 2.45) is 0 Å². The topological polar surface area (TPSA) is 52.1 Å². The number of hydrogen-bond donors (Lipinski definition) is 0. The molecule has 0 N–H and O–H groups in total. The van der Waals surface area contributed by atoms with Gasteiger partial charge in [-0.15, -0.1) is 0 Å². The van der Waals surface area contributed by atoms with Gasteiger partial charge in [0.15, 0.2) is 22.5 Å². The summed E-state index contributed by atoms with van der Waals surface area (Å²) in [5.74, 6) is -0.445. The Kier molecular flexibility index (Phi) is 4.46. The molecule has 1 aromatic heterocycles. The zero-order valence-corrected chi connectivity index (χ0v) is 11.0. The summed E-state index contributed by atoms with van der Waals surface area (Å²) in [6.07, 6.45) is 3.21. The number of nitrogens with zero attached hydrogens (tertiary/aromatic N) is 2. The predicted molar refractivity (Wildman–Crippen MR) is 70.0 cm³/mol. The van der Waals surface area contributed by atoms with Crippen LogP contribution in [0.25, 0.3) is 0 Å². The van der Waals surface area contributed by atoms with Crippen LogP contribution in [0.1, 0.15) is 10.4 Å². The van der Waals surface area contributed by atoms with Gasteiger partial charge < -0.3 is 4.74 Å². The number of aromatic nitrogens is 2. The predicted octanol–water partition coefficient (Wildman–Crippen LogP) is 2.60. The summed E-state index contributed by atoms with van der Waals surface area (Å²) in [6.45, 7) is 0. The van der Waals surface area contributed by atoms with Gasteiger partial charge in [0.1, 0.15) is 0 Å². The Morgan fingerprint density at radius 3 is 2.74 bits per heavy atom. The van der Waals surface area contributed by atoms with Crippen LogP contribution in [-0.4, -0.2) is 28.6 Å². The van der Waals surface area contributed by atoms with E-state index in [4.69, 9.17) is 4.74 Å². The zero-order valence-electron chi connectivity index (χ0n) is 10.2. The maximum absolute atomic E-state index is 13.5. The van der Waals surface area contributed by atoms with E-state index in [9.17, 15) is 9.18 Å². The van der Waals surface area contributed by atoms with Gasteiger partial charge in [0.25, 0.3) is 0 Å². The van der Waals surface area contributed by atoms with Crippen molar-refractivity contribution >= 4 is 17.5 Å². The number of benzene rings is 1. The van der Waals surface area contributed by atoms with E-state index >= 15 is 0 Å². The molecule has 0 saturated heterocycles. The van der Waals surface area contributed by atoms with Crippen molar-refractivity contribution < 1.29 is 13.9 Å². The lowest BCUT2D eigenvalue weighted by Crippen LogP contribution is -2.04. The Hall–Kier alpha value is -1.95. The normalized spacial score (nSPS) is 10.2. The first kappa shape index (κ1) is 13.5. The Balaban J connectivity index is 2.02. The molecule has 0 aliphatic rings. The van der Waals surface area contributed by atoms with Crippen molar-refractivity contribution in [3.63, 3.8) is 0 Å². The Morgan fingerprint density at radius 1 is 1.37 bits per heavy atom. The number of hydrogen-bond acceptors (Lipinski definition) is 5. The number of Topliss-reactive ketones (excluding diaryl/α,β-unsaturated/α-hetero) is 1. The molecule has 0 fully saturated rings. The van der Waals surface area contributed by atoms with E-state index in [0.29, 0.717) is 10.7 Å². The molecule has 0 aliphatic heterocycles. The van der Waals surface area contributed by atoms with Gasteiger partial charge in [-0.25, -0.2) is 14.4 Å². The summed E-state index contributed by atoms with van der Waals surface area (Å²) in [7, 11) is 1.38. The molecule has 98 valence electrons. The van der Waals surface area contributed by atoms with Crippen LogP contribution in [0.15, 0.2) is 41.8 Å². The fourth-order valence-electron chi connectivity index (χ4n) is 1.41. The summed E-state index contributed by atoms with van der Waals surface area (Å²) >= 11 is 1.21. The highest BCUT2D eigenvalue weighted by Gasteiger charge is 2.11. The van der Waals surface area contributed by atoms with Gasteiger partial charge >= 0.3 is 0 Å². The monoisotopic (exact) mass is 278 g/mol. The van der Waals surface area contributed by atoms with Crippen LogP contribution in [0.3, 0.4) is 0 Å². The van der Waals surface area contributed by atoms with Crippen molar-refractivity contribution in [1.82, 2.24) is 9.97 Å². The molecule has 0 saturated carbocycles. The number of carbonyl (C=O) groups excluding carboxylic acids is 1. The van der Waals surface area contributed by atoms with Gasteiger partial charge in [0, 0.05) is 18.0 Å². The number of thioether (sulfide) groups is 1. The van der Waals surface area contributed by atoms with Crippen molar-refractivity contribution in [3.05, 3.63) is 48.0 Å². The van der Waals surface area contributed by atoms with Crippen LogP contribution < -0.4 is 4.74 Å². The largest absolute Gasteiger partial charge is 0.494 e. The van der Waals surface area contributed by atoms with Crippen LogP contribution in [0.5, 0.6) is 5.75 Å². The highest BCUT2D eigenvalue weighted by atomic mass is 32.2. The number of carbonyl (C=O) groups is 1. The third kappa shape index (κ3) is 3.51. The SMILES string of the molecule is COc1ccc(C(=O)CSc2ncccn2)cc1F.